The molecule has 1 atom stereocenters. The summed E-state index contributed by atoms with van der Waals surface area (Å²) in [5.41, 5.74) is 6.04. The van der Waals surface area contributed by atoms with Gasteiger partial charge in [0, 0.05) is 18.6 Å². The fraction of sp³-hybridized carbons (Fsp3) is 0.588. The summed E-state index contributed by atoms with van der Waals surface area (Å²) in [5, 5.41) is 3.51. The summed E-state index contributed by atoms with van der Waals surface area (Å²) < 4.78 is 0. The summed E-state index contributed by atoms with van der Waals surface area (Å²) in [6, 6.07) is 10.8. The van der Waals surface area contributed by atoms with E-state index in [1.807, 2.05) is 30.3 Å². The molecular weight excluding hydrogens is 262 g/mol. The van der Waals surface area contributed by atoms with Crippen molar-refractivity contribution in [3.8, 4) is 0 Å². The SMILES string of the molecule is CC(C)N(C)CCC(NC1CC1)(C(N)=O)c1ccccc1. The molecule has 1 amide bonds. The Bertz CT molecular complexity index is 470. The molecule has 1 aliphatic carbocycles. The predicted molar refractivity (Wildman–Crippen MR) is 85.9 cm³/mol. The topological polar surface area (TPSA) is 58.4 Å². The molecule has 0 radical (unpaired) electrons. The van der Waals surface area contributed by atoms with Gasteiger partial charge in [-0.15, -0.1) is 0 Å². The van der Waals surface area contributed by atoms with E-state index in [2.05, 4.69) is 31.1 Å². The Morgan fingerprint density at radius 1 is 1.38 bits per heavy atom. The Hall–Kier alpha value is -1.39. The van der Waals surface area contributed by atoms with E-state index in [0.717, 1.165) is 24.9 Å². The van der Waals surface area contributed by atoms with Crippen molar-refractivity contribution in [3.63, 3.8) is 0 Å². The summed E-state index contributed by atoms with van der Waals surface area (Å²) in [6.07, 6.45) is 2.95. The predicted octanol–water partition coefficient (Wildman–Crippen LogP) is 1.85. The number of hydrogen-bond donors (Lipinski definition) is 2. The number of carbonyl (C=O) groups is 1. The van der Waals surface area contributed by atoms with Crippen LogP contribution in [0.2, 0.25) is 0 Å². The number of benzene rings is 1. The van der Waals surface area contributed by atoms with E-state index in [1.54, 1.807) is 0 Å². The Balaban J connectivity index is 2.25. The normalized spacial score (nSPS) is 18.0. The molecule has 3 N–H and O–H groups in total. The highest BCUT2D eigenvalue weighted by Crippen LogP contribution is 2.31. The highest BCUT2D eigenvalue weighted by Gasteiger charge is 2.42. The van der Waals surface area contributed by atoms with Gasteiger partial charge in [-0.05, 0) is 45.7 Å². The molecule has 1 aromatic carbocycles. The third kappa shape index (κ3) is 3.83. The van der Waals surface area contributed by atoms with Crippen molar-refractivity contribution in [3.05, 3.63) is 35.9 Å². The minimum atomic E-state index is -0.758. The van der Waals surface area contributed by atoms with Crippen LogP contribution in [0.3, 0.4) is 0 Å². The van der Waals surface area contributed by atoms with Crippen LogP contribution in [0.1, 0.15) is 38.7 Å². The summed E-state index contributed by atoms with van der Waals surface area (Å²) in [6.45, 7) is 5.14. The number of nitrogens with one attached hydrogen (secondary N) is 1. The molecule has 0 spiro atoms. The van der Waals surface area contributed by atoms with E-state index >= 15 is 0 Å². The minimum Gasteiger partial charge on any atom is -0.368 e. The van der Waals surface area contributed by atoms with Crippen molar-refractivity contribution in [2.24, 2.45) is 5.73 Å². The van der Waals surface area contributed by atoms with E-state index in [4.69, 9.17) is 5.73 Å². The Labute approximate surface area is 127 Å². The van der Waals surface area contributed by atoms with Gasteiger partial charge in [-0.2, -0.15) is 0 Å². The van der Waals surface area contributed by atoms with Crippen molar-refractivity contribution in [1.82, 2.24) is 10.2 Å². The number of hydrogen-bond acceptors (Lipinski definition) is 3. The molecule has 0 saturated heterocycles. The second-order valence-corrected chi connectivity index (χ2v) is 6.38. The lowest BCUT2D eigenvalue weighted by Gasteiger charge is -2.35. The van der Waals surface area contributed by atoms with Crippen LogP contribution in [0.5, 0.6) is 0 Å². The average Bonchev–Trinajstić information content (AvgIpc) is 3.27. The first-order valence-corrected chi connectivity index (χ1v) is 7.79. The molecule has 4 nitrogen and oxygen atoms in total. The summed E-state index contributed by atoms with van der Waals surface area (Å²) in [4.78, 5) is 14.6. The molecule has 1 aliphatic rings. The fourth-order valence-corrected chi connectivity index (χ4v) is 2.54. The lowest BCUT2D eigenvalue weighted by atomic mass is 9.85. The second-order valence-electron chi connectivity index (χ2n) is 6.38. The van der Waals surface area contributed by atoms with Gasteiger partial charge in [-0.3, -0.25) is 10.1 Å². The average molecular weight is 289 g/mol. The molecule has 0 aromatic heterocycles. The van der Waals surface area contributed by atoms with Gasteiger partial charge in [-0.1, -0.05) is 30.3 Å². The van der Waals surface area contributed by atoms with Crippen LogP contribution in [0, 0.1) is 0 Å². The van der Waals surface area contributed by atoms with Crippen LogP contribution in [-0.2, 0) is 10.3 Å². The zero-order chi connectivity index (χ0) is 15.5. The molecule has 1 fully saturated rings. The molecule has 1 saturated carbocycles. The van der Waals surface area contributed by atoms with Crippen LogP contribution in [0.4, 0.5) is 0 Å². The van der Waals surface area contributed by atoms with Crippen molar-refractivity contribution < 1.29 is 4.79 Å². The maximum absolute atomic E-state index is 12.3. The first-order chi connectivity index (χ1) is 9.95. The molecule has 0 heterocycles. The van der Waals surface area contributed by atoms with Crippen LogP contribution >= 0.6 is 0 Å². The monoisotopic (exact) mass is 289 g/mol. The number of primary amides is 1. The Morgan fingerprint density at radius 2 is 2.00 bits per heavy atom. The van der Waals surface area contributed by atoms with Crippen molar-refractivity contribution in [2.75, 3.05) is 13.6 Å². The van der Waals surface area contributed by atoms with E-state index in [1.165, 1.54) is 0 Å². The minimum absolute atomic E-state index is 0.280. The summed E-state index contributed by atoms with van der Waals surface area (Å²) in [5.74, 6) is -0.280. The van der Waals surface area contributed by atoms with Gasteiger partial charge < -0.3 is 10.6 Å². The van der Waals surface area contributed by atoms with Gasteiger partial charge in [0.2, 0.25) is 5.91 Å². The molecule has 0 aliphatic heterocycles. The summed E-state index contributed by atoms with van der Waals surface area (Å²) in [7, 11) is 2.08. The second kappa shape index (κ2) is 6.58. The Morgan fingerprint density at radius 3 is 2.48 bits per heavy atom. The third-order valence-electron chi connectivity index (χ3n) is 4.44. The molecule has 0 bridgehead atoms. The zero-order valence-electron chi connectivity index (χ0n) is 13.3. The Kier molecular flexibility index (Phi) is 5.01. The van der Waals surface area contributed by atoms with Crippen LogP contribution in [0.15, 0.2) is 30.3 Å². The molecule has 4 heteroatoms. The van der Waals surface area contributed by atoms with E-state index < -0.39 is 5.54 Å². The summed E-state index contributed by atoms with van der Waals surface area (Å²) >= 11 is 0. The standard InChI is InChI=1S/C17H27N3O/c1-13(2)20(3)12-11-17(16(18)21,19-15-9-10-15)14-7-5-4-6-8-14/h4-8,13,15,19H,9-12H2,1-3H3,(H2,18,21). The van der Waals surface area contributed by atoms with Gasteiger partial charge in [0.15, 0.2) is 0 Å². The lowest BCUT2D eigenvalue weighted by Crippen LogP contribution is -2.55. The molecule has 2 rings (SSSR count). The van der Waals surface area contributed by atoms with Gasteiger partial charge in [0.25, 0.3) is 0 Å². The van der Waals surface area contributed by atoms with Crippen molar-refractivity contribution >= 4 is 5.91 Å². The number of amides is 1. The first-order valence-electron chi connectivity index (χ1n) is 7.79. The van der Waals surface area contributed by atoms with Gasteiger partial charge in [0.1, 0.15) is 5.54 Å². The van der Waals surface area contributed by atoms with E-state index in [-0.39, 0.29) is 5.91 Å². The van der Waals surface area contributed by atoms with Gasteiger partial charge in [-0.25, -0.2) is 0 Å². The highest BCUT2D eigenvalue weighted by molar-refractivity contribution is 5.86. The molecule has 1 aromatic rings. The number of nitrogens with two attached hydrogens (primary N) is 1. The van der Waals surface area contributed by atoms with Crippen molar-refractivity contribution in [2.45, 2.75) is 50.7 Å². The van der Waals surface area contributed by atoms with Crippen LogP contribution in [-0.4, -0.2) is 36.5 Å². The highest BCUT2D eigenvalue weighted by atomic mass is 16.1. The fourth-order valence-electron chi connectivity index (χ4n) is 2.54. The zero-order valence-corrected chi connectivity index (χ0v) is 13.3. The largest absolute Gasteiger partial charge is 0.368 e. The molecular formula is C17H27N3O. The van der Waals surface area contributed by atoms with Crippen LogP contribution < -0.4 is 11.1 Å². The van der Waals surface area contributed by atoms with Crippen molar-refractivity contribution in [1.29, 1.82) is 0 Å². The quantitative estimate of drug-likeness (QED) is 0.768. The van der Waals surface area contributed by atoms with Crippen LogP contribution in [0.25, 0.3) is 0 Å². The molecule has 1 unspecified atom stereocenters. The maximum atomic E-state index is 12.3. The lowest BCUT2D eigenvalue weighted by molar-refractivity contribution is -0.125. The van der Waals surface area contributed by atoms with E-state index in [0.29, 0.717) is 18.5 Å². The smallest absolute Gasteiger partial charge is 0.242 e. The number of nitrogens with zero attached hydrogens (tertiary/aromatic N) is 1. The molecule has 116 valence electrons. The first kappa shape index (κ1) is 16.0. The van der Waals surface area contributed by atoms with Gasteiger partial charge >= 0.3 is 0 Å². The molecule has 21 heavy (non-hydrogen) atoms. The third-order valence-corrected chi connectivity index (χ3v) is 4.44. The van der Waals surface area contributed by atoms with E-state index in [9.17, 15) is 4.79 Å². The maximum Gasteiger partial charge on any atom is 0.242 e. The van der Waals surface area contributed by atoms with Gasteiger partial charge in [0.05, 0.1) is 0 Å². The number of carbonyl (C=O) groups excluding carboxylic acids is 1. The number of rotatable bonds is 8.